The molecule has 0 amide bonds. The average molecular weight is 301 g/mol. The van der Waals surface area contributed by atoms with Gasteiger partial charge in [0.05, 0.1) is 9.80 Å². The fraction of sp³-hybridized carbons (Fsp3) is 0.444. The van der Waals surface area contributed by atoms with Crippen LogP contribution in [0, 0.1) is 10.1 Å². The van der Waals surface area contributed by atoms with Crippen molar-refractivity contribution in [2.45, 2.75) is 19.3 Å². The lowest BCUT2D eigenvalue weighted by molar-refractivity contribution is -0.385. The molecule has 1 rings (SSSR count). The van der Waals surface area contributed by atoms with Gasteiger partial charge < -0.3 is 4.74 Å². The van der Waals surface area contributed by atoms with Gasteiger partial charge in [0.2, 0.25) is 0 Å². The minimum atomic E-state index is -4.42. The first kappa shape index (κ1) is 15.3. The number of carbonyl (C=O) groups excluding carboxylic acids is 1. The molecule has 19 heavy (non-hydrogen) atoms. The summed E-state index contributed by atoms with van der Waals surface area (Å²) in [5.41, 5.74) is -0.708. The molecule has 0 aliphatic carbocycles. The number of hydrogen-bond donors (Lipinski definition) is 0. The van der Waals surface area contributed by atoms with E-state index in [1.807, 2.05) is 0 Å². The van der Waals surface area contributed by atoms with Crippen LogP contribution in [0.15, 0.2) is 6.07 Å². The highest BCUT2D eigenvalue weighted by molar-refractivity contribution is 7.16. The Morgan fingerprint density at radius 1 is 1.58 bits per heavy atom. The van der Waals surface area contributed by atoms with Gasteiger partial charge in [-0.1, -0.05) is 11.3 Å². The predicted octanol–water partition coefficient (Wildman–Crippen LogP) is 3.14. The zero-order valence-electron chi connectivity index (χ0n) is 9.36. The third-order valence-corrected chi connectivity index (χ3v) is 3.08. The van der Waals surface area contributed by atoms with Crippen LogP contribution in [-0.4, -0.2) is 29.7 Å². The highest BCUT2D eigenvalue weighted by Gasteiger charge is 2.42. The normalized spacial score (nSPS) is 11.7. The van der Waals surface area contributed by atoms with Gasteiger partial charge in [0.15, 0.2) is 12.4 Å². The number of ether oxygens (including phenoxy) is 1. The van der Waals surface area contributed by atoms with E-state index in [-0.39, 0.29) is 4.88 Å². The van der Waals surface area contributed by atoms with Gasteiger partial charge in [-0.15, -0.1) is 0 Å². The molecule has 0 atom stereocenters. The molecular formula is C9H7F4NO4S. The van der Waals surface area contributed by atoms with Crippen molar-refractivity contribution >= 4 is 22.8 Å². The largest absolute Gasteiger partial charge is 0.472 e. The lowest BCUT2D eigenvalue weighted by Gasteiger charge is -2.14. The number of nitrogens with zero attached hydrogens (tertiary/aromatic N) is 1. The Balaban J connectivity index is 2.94. The first-order chi connectivity index (χ1) is 8.65. The molecule has 0 aliphatic rings. The van der Waals surface area contributed by atoms with Crippen LogP contribution >= 0.6 is 11.3 Å². The van der Waals surface area contributed by atoms with E-state index in [2.05, 4.69) is 4.74 Å². The molecule has 1 heterocycles. The lowest BCUT2D eigenvalue weighted by atomic mass is 10.3. The fourth-order valence-corrected chi connectivity index (χ4v) is 1.86. The fourth-order valence-electron chi connectivity index (χ4n) is 0.994. The molecule has 0 aromatic carbocycles. The zero-order valence-corrected chi connectivity index (χ0v) is 10.2. The lowest BCUT2D eigenvalue weighted by Crippen LogP contribution is -2.33. The van der Waals surface area contributed by atoms with Crippen molar-refractivity contribution in [3.05, 3.63) is 21.1 Å². The van der Waals surface area contributed by atoms with Crippen LogP contribution < -0.4 is 4.74 Å². The van der Waals surface area contributed by atoms with E-state index in [4.69, 9.17) is 0 Å². The number of halogens is 4. The van der Waals surface area contributed by atoms with Crippen LogP contribution in [0.25, 0.3) is 0 Å². The standard InChI is InChI=1S/C9H7F4NO4S/c1-4(15)6-2-5(14(16)17)7(19-6)18-3-9(12,13)8(10)11/h2,8H,3H2,1H3. The van der Waals surface area contributed by atoms with E-state index < -0.39 is 40.4 Å². The van der Waals surface area contributed by atoms with Crippen LogP contribution in [0.4, 0.5) is 23.2 Å². The first-order valence-corrected chi connectivity index (χ1v) is 5.54. The Bertz CT molecular complexity index is 502. The highest BCUT2D eigenvalue weighted by Crippen LogP contribution is 2.38. The third-order valence-electron chi connectivity index (χ3n) is 1.94. The minimum Gasteiger partial charge on any atom is -0.472 e. The number of alkyl halides is 4. The first-order valence-electron chi connectivity index (χ1n) is 4.73. The van der Waals surface area contributed by atoms with Crippen LogP contribution in [0.1, 0.15) is 16.6 Å². The molecule has 0 radical (unpaired) electrons. The topological polar surface area (TPSA) is 69.4 Å². The summed E-state index contributed by atoms with van der Waals surface area (Å²) in [6, 6.07) is 0.850. The van der Waals surface area contributed by atoms with Crippen molar-refractivity contribution in [2.24, 2.45) is 0 Å². The van der Waals surface area contributed by atoms with Crippen molar-refractivity contribution in [2.75, 3.05) is 6.61 Å². The smallest absolute Gasteiger partial charge is 0.340 e. The van der Waals surface area contributed by atoms with Gasteiger partial charge in [-0.3, -0.25) is 14.9 Å². The highest BCUT2D eigenvalue weighted by atomic mass is 32.1. The molecule has 1 aromatic rings. The second-order valence-electron chi connectivity index (χ2n) is 3.45. The Hall–Kier alpha value is -1.71. The Labute approximate surface area is 107 Å². The Morgan fingerprint density at radius 3 is 2.58 bits per heavy atom. The number of carbonyl (C=O) groups is 1. The summed E-state index contributed by atoms with van der Waals surface area (Å²) >= 11 is 0.457. The summed E-state index contributed by atoms with van der Waals surface area (Å²) < 4.78 is 53.4. The summed E-state index contributed by atoms with van der Waals surface area (Å²) in [7, 11) is 0. The van der Waals surface area contributed by atoms with E-state index in [9.17, 15) is 32.5 Å². The molecule has 0 saturated carbocycles. The number of thiophene rings is 1. The minimum absolute atomic E-state index is 0.0814. The van der Waals surface area contributed by atoms with E-state index in [0.717, 1.165) is 13.0 Å². The maximum atomic E-state index is 12.6. The quantitative estimate of drug-likeness (QED) is 0.350. The molecule has 0 bridgehead atoms. The SMILES string of the molecule is CC(=O)c1cc([N+](=O)[O-])c(OCC(F)(F)C(F)F)s1. The number of ketones is 1. The van der Waals surface area contributed by atoms with Crippen molar-refractivity contribution in [1.82, 2.24) is 0 Å². The molecule has 5 nitrogen and oxygen atoms in total. The number of nitro groups is 1. The van der Waals surface area contributed by atoms with E-state index in [1.165, 1.54) is 0 Å². The summed E-state index contributed by atoms with van der Waals surface area (Å²) in [5.74, 6) is -4.95. The second-order valence-corrected chi connectivity index (χ2v) is 4.46. The van der Waals surface area contributed by atoms with Gasteiger partial charge in [-0.05, 0) is 6.92 Å². The predicted molar refractivity (Wildman–Crippen MR) is 57.4 cm³/mol. The summed E-state index contributed by atoms with van der Waals surface area (Å²) in [6.07, 6.45) is -3.95. The molecule has 0 aliphatic heterocycles. The molecule has 10 heteroatoms. The summed E-state index contributed by atoms with van der Waals surface area (Å²) in [6.45, 7) is -0.587. The van der Waals surface area contributed by atoms with E-state index in [0.29, 0.717) is 11.3 Å². The third kappa shape index (κ3) is 3.63. The molecule has 1 aromatic heterocycles. The monoisotopic (exact) mass is 301 g/mol. The number of rotatable bonds is 6. The zero-order chi connectivity index (χ0) is 14.8. The van der Waals surface area contributed by atoms with Crippen LogP contribution in [-0.2, 0) is 0 Å². The molecule has 0 saturated heterocycles. The van der Waals surface area contributed by atoms with Crippen molar-refractivity contribution in [1.29, 1.82) is 0 Å². The molecule has 0 unspecified atom stereocenters. The number of hydrogen-bond acceptors (Lipinski definition) is 5. The van der Waals surface area contributed by atoms with Crippen LogP contribution in [0.5, 0.6) is 5.06 Å². The van der Waals surface area contributed by atoms with E-state index in [1.54, 1.807) is 0 Å². The van der Waals surface area contributed by atoms with Crippen molar-refractivity contribution in [3.8, 4) is 5.06 Å². The number of Topliss-reactive ketones (excluding diaryl/α,β-unsaturated/α-hetero) is 1. The molecule has 0 spiro atoms. The summed E-state index contributed by atoms with van der Waals surface area (Å²) in [5, 5.41) is 10.00. The molecule has 0 fully saturated rings. The Kier molecular flexibility index (Phi) is 4.45. The van der Waals surface area contributed by atoms with Crippen molar-refractivity contribution < 1.29 is 32.0 Å². The average Bonchev–Trinajstić information content (AvgIpc) is 2.70. The second kappa shape index (κ2) is 5.51. The van der Waals surface area contributed by atoms with Gasteiger partial charge in [0.1, 0.15) is 0 Å². The maximum Gasteiger partial charge on any atom is 0.340 e. The summed E-state index contributed by atoms with van der Waals surface area (Å²) in [4.78, 5) is 20.6. The molecular weight excluding hydrogens is 294 g/mol. The van der Waals surface area contributed by atoms with Gasteiger partial charge >= 0.3 is 18.0 Å². The van der Waals surface area contributed by atoms with Gasteiger partial charge in [0, 0.05) is 6.07 Å². The van der Waals surface area contributed by atoms with Crippen LogP contribution in [0.2, 0.25) is 0 Å². The van der Waals surface area contributed by atoms with E-state index >= 15 is 0 Å². The van der Waals surface area contributed by atoms with Gasteiger partial charge in [0.25, 0.3) is 5.06 Å². The molecule has 106 valence electrons. The Morgan fingerprint density at radius 2 is 2.16 bits per heavy atom. The van der Waals surface area contributed by atoms with Gasteiger partial charge in [-0.25, -0.2) is 8.78 Å². The van der Waals surface area contributed by atoms with Crippen molar-refractivity contribution in [3.63, 3.8) is 0 Å². The maximum absolute atomic E-state index is 12.6. The van der Waals surface area contributed by atoms with Crippen LogP contribution in [0.3, 0.4) is 0 Å². The van der Waals surface area contributed by atoms with Gasteiger partial charge in [-0.2, -0.15) is 8.78 Å². The molecule has 0 N–H and O–H groups in total.